The summed E-state index contributed by atoms with van der Waals surface area (Å²) in [7, 11) is 0. The van der Waals surface area contributed by atoms with Crippen molar-refractivity contribution in [1.29, 1.82) is 0 Å². The third-order valence-corrected chi connectivity index (χ3v) is 4.64. The van der Waals surface area contributed by atoms with Crippen LogP contribution in [0.1, 0.15) is 29.0 Å². The summed E-state index contributed by atoms with van der Waals surface area (Å²) in [6.07, 6.45) is 3.75. The lowest BCUT2D eigenvalue weighted by Crippen LogP contribution is -2.23. The Labute approximate surface area is 169 Å². The van der Waals surface area contributed by atoms with Crippen LogP contribution < -0.4 is 5.32 Å². The molecule has 1 N–H and O–H groups in total. The molecule has 3 rings (SSSR count). The fraction of sp³-hybridized carbons (Fsp3) is 0.125. The molecule has 0 fully saturated rings. The number of rotatable bonds is 8. The van der Waals surface area contributed by atoms with Crippen LogP contribution in [0.15, 0.2) is 91.0 Å². The third kappa shape index (κ3) is 5.87. The number of nitro groups is 1. The number of nitrogens with zero attached hydrogens (tertiary/aromatic N) is 1. The van der Waals surface area contributed by atoms with Gasteiger partial charge in [0.15, 0.2) is 0 Å². The molecule has 5 nitrogen and oxygen atoms in total. The van der Waals surface area contributed by atoms with Crippen LogP contribution in [0.25, 0.3) is 6.08 Å². The smallest absolute Gasteiger partial charge is 0.270 e. The summed E-state index contributed by atoms with van der Waals surface area (Å²) in [5, 5.41) is 13.7. The summed E-state index contributed by atoms with van der Waals surface area (Å²) in [6.45, 7) is 0.520. The van der Waals surface area contributed by atoms with E-state index >= 15 is 0 Å². The second kappa shape index (κ2) is 9.99. The summed E-state index contributed by atoms with van der Waals surface area (Å²) in [4.78, 5) is 22.5. The Hall–Kier alpha value is -3.73. The Morgan fingerprint density at radius 2 is 1.55 bits per heavy atom. The van der Waals surface area contributed by atoms with Crippen LogP contribution in [0.3, 0.4) is 0 Å². The second-order valence-electron chi connectivity index (χ2n) is 6.64. The first kappa shape index (κ1) is 20.0. The molecule has 1 amide bonds. The fourth-order valence-electron chi connectivity index (χ4n) is 3.21. The van der Waals surface area contributed by atoms with Gasteiger partial charge in [-0.25, -0.2) is 0 Å². The SMILES string of the molecule is O=C(C=Cc1cccc([N+](=O)[O-])c1)NCCC(c1ccccc1)c1ccccc1. The molecular formula is C24H22N2O3. The van der Waals surface area contributed by atoms with Gasteiger partial charge in [0.25, 0.3) is 5.69 Å². The van der Waals surface area contributed by atoms with Gasteiger partial charge in [-0.2, -0.15) is 0 Å². The Morgan fingerprint density at radius 3 is 2.14 bits per heavy atom. The minimum absolute atomic E-state index is 0.00104. The van der Waals surface area contributed by atoms with Gasteiger partial charge in [0, 0.05) is 30.7 Å². The third-order valence-electron chi connectivity index (χ3n) is 4.64. The van der Waals surface area contributed by atoms with Crippen molar-refractivity contribution in [3.05, 3.63) is 118 Å². The Morgan fingerprint density at radius 1 is 0.931 bits per heavy atom. The predicted molar refractivity (Wildman–Crippen MR) is 114 cm³/mol. The highest BCUT2D eigenvalue weighted by Crippen LogP contribution is 2.27. The summed E-state index contributed by atoms with van der Waals surface area (Å²) in [5.74, 6) is -0.0326. The molecule has 0 aliphatic heterocycles. The number of benzene rings is 3. The molecule has 0 saturated carbocycles. The maximum absolute atomic E-state index is 12.2. The zero-order valence-corrected chi connectivity index (χ0v) is 15.9. The molecule has 0 bridgehead atoms. The Balaban J connectivity index is 1.60. The van der Waals surface area contributed by atoms with Gasteiger partial charge in [0.1, 0.15) is 0 Å². The summed E-state index contributed by atoms with van der Waals surface area (Å²) in [6, 6.07) is 26.6. The topological polar surface area (TPSA) is 72.2 Å². The van der Waals surface area contributed by atoms with Crippen molar-refractivity contribution in [3.63, 3.8) is 0 Å². The highest BCUT2D eigenvalue weighted by Gasteiger charge is 2.13. The van der Waals surface area contributed by atoms with Crippen LogP contribution in [0.2, 0.25) is 0 Å². The van der Waals surface area contributed by atoms with Crippen LogP contribution in [-0.4, -0.2) is 17.4 Å². The number of amides is 1. The molecule has 5 heteroatoms. The molecule has 0 aromatic heterocycles. The Kier molecular flexibility index (Phi) is 6.90. The number of nitro benzene ring substituents is 1. The molecule has 3 aromatic rings. The van der Waals surface area contributed by atoms with E-state index in [2.05, 4.69) is 29.6 Å². The normalized spacial score (nSPS) is 10.9. The van der Waals surface area contributed by atoms with Crippen LogP contribution >= 0.6 is 0 Å². The van der Waals surface area contributed by atoms with E-state index in [0.717, 1.165) is 6.42 Å². The molecule has 0 aliphatic rings. The van der Waals surface area contributed by atoms with Crippen molar-refractivity contribution in [1.82, 2.24) is 5.32 Å². The van der Waals surface area contributed by atoms with E-state index in [4.69, 9.17) is 0 Å². The van der Waals surface area contributed by atoms with Crippen LogP contribution in [-0.2, 0) is 4.79 Å². The van der Waals surface area contributed by atoms with E-state index in [0.29, 0.717) is 12.1 Å². The number of carbonyl (C=O) groups is 1. The fourth-order valence-corrected chi connectivity index (χ4v) is 3.21. The van der Waals surface area contributed by atoms with E-state index < -0.39 is 4.92 Å². The van der Waals surface area contributed by atoms with E-state index in [9.17, 15) is 14.9 Å². The molecule has 29 heavy (non-hydrogen) atoms. The quantitative estimate of drug-likeness (QED) is 0.338. The first-order valence-electron chi connectivity index (χ1n) is 9.44. The lowest BCUT2D eigenvalue weighted by atomic mass is 9.88. The van der Waals surface area contributed by atoms with Crippen molar-refractivity contribution in [3.8, 4) is 0 Å². The average molecular weight is 386 g/mol. The maximum Gasteiger partial charge on any atom is 0.270 e. The summed E-state index contributed by atoms with van der Waals surface area (Å²) < 4.78 is 0. The zero-order valence-electron chi connectivity index (χ0n) is 15.9. The minimum Gasteiger partial charge on any atom is -0.353 e. The molecule has 0 aliphatic carbocycles. The first-order valence-corrected chi connectivity index (χ1v) is 9.44. The van der Waals surface area contributed by atoms with Gasteiger partial charge in [0.05, 0.1) is 4.92 Å². The molecule has 0 heterocycles. The monoisotopic (exact) mass is 386 g/mol. The molecule has 146 valence electrons. The van der Waals surface area contributed by atoms with Crippen LogP contribution in [0, 0.1) is 10.1 Å². The van der Waals surface area contributed by atoms with Gasteiger partial charge in [-0.15, -0.1) is 0 Å². The lowest BCUT2D eigenvalue weighted by Gasteiger charge is -2.18. The number of nitrogens with one attached hydrogen (secondary N) is 1. The zero-order chi connectivity index (χ0) is 20.5. The maximum atomic E-state index is 12.2. The van der Waals surface area contributed by atoms with Gasteiger partial charge in [-0.05, 0) is 29.2 Å². The Bertz CT molecular complexity index is 946. The van der Waals surface area contributed by atoms with Crippen molar-refractivity contribution in [2.75, 3.05) is 6.54 Å². The van der Waals surface area contributed by atoms with Crippen molar-refractivity contribution in [2.45, 2.75) is 12.3 Å². The van der Waals surface area contributed by atoms with Crippen LogP contribution in [0.5, 0.6) is 0 Å². The van der Waals surface area contributed by atoms with Crippen molar-refractivity contribution < 1.29 is 9.72 Å². The van der Waals surface area contributed by atoms with Gasteiger partial charge in [-0.3, -0.25) is 14.9 Å². The molecule has 0 unspecified atom stereocenters. The highest BCUT2D eigenvalue weighted by atomic mass is 16.6. The number of hydrogen-bond donors (Lipinski definition) is 1. The predicted octanol–water partition coefficient (Wildman–Crippen LogP) is 4.95. The van der Waals surface area contributed by atoms with E-state index in [-0.39, 0.29) is 17.5 Å². The largest absolute Gasteiger partial charge is 0.353 e. The van der Waals surface area contributed by atoms with E-state index in [1.54, 1.807) is 18.2 Å². The molecule has 0 spiro atoms. The van der Waals surface area contributed by atoms with Crippen molar-refractivity contribution in [2.24, 2.45) is 0 Å². The van der Waals surface area contributed by atoms with Gasteiger partial charge in [-0.1, -0.05) is 72.8 Å². The molecular weight excluding hydrogens is 364 g/mol. The average Bonchev–Trinajstić information content (AvgIpc) is 2.76. The summed E-state index contributed by atoms with van der Waals surface area (Å²) >= 11 is 0. The molecule has 0 radical (unpaired) electrons. The molecule has 3 aromatic carbocycles. The van der Waals surface area contributed by atoms with Gasteiger partial charge >= 0.3 is 0 Å². The summed E-state index contributed by atoms with van der Waals surface area (Å²) in [5.41, 5.74) is 3.03. The molecule has 0 atom stereocenters. The van der Waals surface area contributed by atoms with E-state index in [1.807, 2.05) is 36.4 Å². The number of hydrogen-bond acceptors (Lipinski definition) is 3. The van der Waals surface area contributed by atoms with Crippen molar-refractivity contribution >= 4 is 17.7 Å². The standard InChI is InChI=1S/C24H22N2O3/c27-24(15-14-19-8-7-13-22(18-19)26(28)29)25-17-16-23(20-9-3-1-4-10-20)21-11-5-2-6-12-21/h1-15,18,23H,16-17H2,(H,25,27). The number of non-ortho nitro benzene ring substituents is 1. The van der Waals surface area contributed by atoms with Crippen LogP contribution in [0.4, 0.5) is 5.69 Å². The van der Waals surface area contributed by atoms with Gasteiger partial charge < -0.3 is 5.32 Å². The number of carbonyl (C=O) groups excluding carboxylic acids is 1. The lowest BCUT2D eigenvalue weighted by molar-refractivity contribution is -0.384. The first-order chi connectivity index (χ1) is 14.1. The minimum atomic E-state index is -0.454. The van der Waals surface area contributed by atoms with E-state index in [1.165, 1.54) is 29.3 Å². The highest BCUT2D eigenvalue weighted by molar-refractivity contribution is 5.91. The second-order valence-corrected chi connectivity index (χ2v) is 6.64. The molecule has 0 saturated heterocycles. The van der Waals surface area contributed by atoms with Gasteiger partial charge in [0.2, 0.25) is 5.91 Å².